The van der Waals surface area contributed by atoms with Crippen LogP contribution in [-0.2, 0) is 20.8 Å². The minimum atomic E-state index is -1.31. The SMILES string of the molecule is N[C@H](Cc1ccc(O)cc1)C(=O)N[C@H](CCC(=O)O)C(=O)O. The van der Waals surface area contributed by atoms with Gasteiger partial charge >= 0.3 is 11.9 Å². The van der Waals surface area contributed by atoms with Gasteiger partial charge in [0.25, 0.3) is 0 Å². The van der Waals surface area contributed by atoms with Crippen molar-refractivity contribution in [1.82, 2.24) is 5.32 Å². The van der Waals surface area contributed by atoms with Crippen LogP contribution in [0.5, 0.6) is 5.75 Å². The van der Waals surface area contributed by atoms with Crippen molar-refractivity contribution < 1.29 is 29.7 Å². The van der Waals surface area contributed by atoms with Crippen molar-refractivity contribution >= 4 is 17.8 Å². The second kappa shape index (κ2) is 7.99. The van der Waals surface area contributed by atoms with Crippen LogP contribution >= 0.6 is 0 Å². The van der Waals surface area contributed by atoms with E-state index in [1.807, 2.05) is 0 Å². The van der Waals surface area contributed by atoms with Gasteiger partial charge in [-0.1, -0.05) is 12.1 Å². The molecular weight excluding hydrogens is 292 g/mol. The fourth-order valence-corrected chi connectivity index (χ4v) is 1.78. The summed E-state index contributed by atoms with van der Waals surface area (Å²) < 4.78 is 0. The molecule has 0 bridgehead atoms. The molecule has 6 N–H and O–H groups in total. The quantitative estimate of drug-likeness (QED) is 0.442. The van der Waals surface area contributed by atoms with E-state index in [0.29, 0.717) is 5.56 Å². The number of aromatic hydroxyl groups is 1. The van der Waals surface area contributed by atoms with E-state index in [1.165, 1.54) is 12.1 Å². The Morgan fingerprint density at radius 3 is 2.23 bits per heavy atom. The molecule has 0 radical (unpaired) electrons. The number of nitrogens with one attached hydrogen (secondary N) is 1. The van der Waals surface area contributed by atoms with Crippen LogP contribution in [0.3, 0.4) is 0 Å². The molecule has 8 nitrogen and oxygen atoms in total. The summed E-state index contributed by atoms with van der Waals surface area (Å²) in [7, 11) is 0. The lowest BCUT2D eigenvalue weighted by Gasteiger charge is -2.17. The topological polar surface area (TPSA) is 150 Å². The fourth-order valence-electron chi connectivity index (χ4n) is 1.78. The van der Waals surface area contributed by atoms with Gasteiger partial charge in [0, 0.05) is 6.42 Å². The summed E-state index contributed by atoms with van der Waals surface area (Å²) in [6.07, 6.45) is -0.426. The lowest BCUT2D eigenvalue weighted by Crippen LogP contribution is -2.49. The number of rotatable bonds is 8. The summed E-state index contributed by atoms with van der Waals surface area (Å²) >= 11 is 0. The van der Waals surface area contributed by atoms with Gasteiger partial charge in [-0.05, 0) is 30.5 Å². The van der Waals surface area contributed by atoms with Crippen LogP contribution in [0.1, 0.15) is 18.4 Å². The van der Waals surface area contributed by atoms with Gasteiger partial charge in [0.15, 0.2) is 0 Å². The maximum atomic E-state index is 11.9. The number of carboxylic acids is 2. The highest BCUT2D eigenvalue weighted by Crippen LogP contribution is 2.11. The van der Waals surface area contributed by atoms with Crippen LogP contribution < -0.4 is 11.1 Å². The Balaban J connectivity index is 2.58. The van der Waals surface area contributed by atoms with Gasteiger partial charge in [-0.25, -0.2) is 4.79 Å². The monoisotopic (exact) mass is 310 g/mol. The van der Waals surface area contributed by atoms with Crippen LogP contribution in [0.4, 0.5) is 0 Å². The highest BCUT2D eigenvalue weighted by molar-refractivity contribution is 5.87. The maximum absolute atomic E-state index is 11.9. The molecule has 0 aromatic heterocycles. The summed E-state index contributed by atoms with van der Waals surface area (Å²) in [5, 5.41) is 28.9. The lowest BCUT2D eigenvalue weighted by molar-refractivity contribution is -0.143. The Hall–Kier alpha value is -2.61. The number of benzene rings is 1. The first-order valence-corrected chi connectivity index (χ1v) is 6.58. The molecule has 1 amide bonds. The number of phenols is 1. The van der Waals surface area contributed by atoms with Gasteiger partial charge < -0.3 is 26.4 Å². The molecule has 0 spiro atoms. The zero-order chi connectivity index (χ0) is 16.7. The van der Waals surface area contributed by atoms with E-state index in [0.717, 1.165) is 0 Å². The van der Waals surface area contributed by atoms with Gasteiger partial charge in [-0.15, -0.1) is 0 Å². The Morgan fingerprint density at radius 1 is 1.14 bits per heavy atom. The van der Waals surface area contributed by atoms with Crippen LogP contribution in [0.2, 0.25) is 0 Å². The summed E-state index contributed by atoms with van der Waals surface area (Å²) in [6.45, 7) is 0. The van der Waals surface area contributed by atoms with Gasteiger partial charge in [-0.3, -0.25) is 9.59 Å². The Bertz CT molecular complexity index is 543. The van der Waals surface area contributed by atoms with E-state index in [4.69, 9.17) is 21.1 Å². The molecule has 1 rings (SSSR count). The molecule has 2 atom stereocenters. The van der Waals surface area contributed by atoms with E-state index in [2.05, 4.69) is 5.32 Å². The Labute approximate surface area is 126 Å². The van der Waals surface area contributed by atoms with Gasteiger partial charge in [0.1, 0.15) is 11.8 Å². The molecule has 0 aliphatic carbocycles. The van der Waals surface area contributed by atoms with E-state index >= 15 is 0 Å². The minimum absolute atomic E-state index is 0.0846. The van der Waals surface area contributed by atoms with E-state index in [1.54, 1.807) is 12.1 Å². The summed E-state index contributed by atoms with van der Waals surface area (Å²) in [6, 6.07) is 3.83. The van der Waals surface area contributed by atoms with Crippen LogP contribution in [-0.4, -0.2) is 45.2 Å². The molecule has 0 unspecified atom stereocenters. The molecule has 0 saturated heterocycles. The number of phenolic OH excluding ortho intramolecular Hbond substituents is 1. The van der Waals surface area contributed by atoms with E-state index in [9.17, 15) is 14.4 Å². The molecule has 0 heterocycles. The Kier molecular flexibility index (Phi) is 6.33. The fraction of sp³-hybridized carbons (Fsp3) is 0.357. The number of carbonyl (C=O) groups is 3. The molecule has 0 saturated carbocycles. The second-order valence-corrected chi connectivity index (χ2v) is 4.81. The van der Waals surface area contributed by atoms with Crippen LogP contribution in [0, 0.1) is 0 Å². The van der Waals surface area contributed by atoms with E-state index in [-0.39, 0.29) is 25.0 Å². The molecule has 0 fully saturated rings. The number of hydrogen-bond donors (Lipinski definition) is 5. The van der Waals surface area contributed by atoms with Crippen molar-refractivity contribution in [3.63, 3.8) is 0 Å². The molecular formula is C14H18N2O6. The highest BCUT2D eigenvalue weighted by Gasteiger charge is 2.24. The van der Waals surface area contributed by atoms with Gasteiger partial charge in [-0.2, -0.15) is 0 Å². The predicted molar refractivity (Wildman–Crippen MR) is 76.2 cm³/mol. The first-order valence-electron chi connectivity index (χ1n) is 6.58. The number of nitrogens with two attached hydrogens (primary N) is 1. The predicted octanol–water partition coefficient (Wildman–Crippen LogP) is -0.304. The first-order chi connectivity index (χ1) is 10.3. The van der Waals surface area contributed by atoms with Crippen molar-refractivity contribution in [1.29, 1.82) is 0 Å². The lowest BCUT2D eigenvalue weighted by atomic mass is 10.0. The standard InChI is InChI=1S/C14H18N2O6/c15-10(7-8-1-3-9(17)4-2-8)13(20)16-11(14(21)22)5-6-12(18)19/h1-4,10-11,17H,5-7,15H2,(H,16,20)(H,18,19)(H,21,22)/t10-,11-/m1/s1. The summed E-state index contributed by atoms with van der Waals surface area (Å²) in [5.74, 6) is -3.05. The smallest absolute Gasteiger partial charge is 0.326 e. The Morgan fingerprint density at radius 2 is 1.73 bits per heavy atom. The van der Waals surface area contributed by atoms with E-state index < -0.39 is 29.9 Å². The average Bonchev–Trinajstić information content (AvgIpc) is 2.44. The molecule has 8 heteroatoms. The zero-order valence-electron chi connectivity index (χ0n) is 11.7. The van der Waals surface area contributed by atoms with Crippen LogP contribution in [0.25, 0.3) is 0 Å². The number of aliphatic carboxylic acids is 2. The minimum Gasteiger partial charge on any atom is -0.508 e. The number of carboxylic acid groups (broad SMARTS) is 2. The van der Waals surface area contributed by atoms with Crippen molar-refractivity contribution in [3.8, 4) is 5.75 Å². The van der Waals surface area contributed by atoms with Crippen molar-refractivity contribution in [2.24, 2.45) is 5.73 Å². The largest absolute Gasteiger partial charge is 0.508 e. The second-order valence-electron chi connectivity index (χ2n) is 4.81. The van der Waals surface area contributed by atoms with Crippen molar-refractivity contribution in [2.75, 3.05) is 0 Å². The number of amides is 1. The third-order valence-corrected chi connectivity index (χ3v) is 2.99. The average molecular weight is 310 g/mol. The van der Waals surface area contributed by atoms with Gasteiger partial charge in [0.2, 0.25) is 5.91 Å². The number of carbonyl (C=O) groups excluding carboxylic acids is 1. The summed E-state index contributed by atoms with van der Waals surface area (Å²) in [5.41, 5.74) is 6.41. The van der Waals surface area contributed by atoms with Crippen molar-refractivity contribution in [3.05, 3.63) is 29.8 Å². The number of hydrogen-bond acceptors (Lipinski definition) is 5. The van der Waals surface area contributed by atoms with Gasteiger partial charge in [0.05, 0.1) is 6.04 Å². The third-order valence-electron chi connectivity index (χ3n) is 2.99. The molecule has 22 heavy (non-hydrogen) atoms. The molecule has 1 aromatic carbocycles. The molecule has 1 aromatic rings. The zero-order valence-corrected chi connectivity index (χ0v) is 11.7. The maximum Gasteiger partial charge on any atom is 0.326 e. The van der Waals surface area contributed by atoms with Crippen LogP contribution in [0.15, 0.2) is 24.3 Å². The molecule has 0 aliphatic heterocycles. The molecule has 0 aliphatic rings. The third kappa shape index (κ3) is 5.80. The molecule has 120 valence electrons. The summed E-state index contributed by atoms with van der Waals surface area (Å²) in [4.78, 5) is 33.3. The first kappa shape index (κ1) is 17.4. The normalized spacial score (nSPS) is 13.1. The van der Waals surface area contributed by atoms with Crippen molar-refractivity contribution in [2.45, 2.75) is 31.3 Å². The highest BCUT2D eigenvalue weighted by atomic mass is 16.4.